The van der Waals surface area contributed by atoms with E-state index >= 15 is 0 Å². The van der Waals surface area contributed by atoms with Crippen LogP contribution in [0.25, 0.3) is 5.52 Å². The van der Waals surface area contributed by atoms with Crippen LogP contribution < -0.4 is 20.9 Å². The Morgan fingerprint density at radius 3 is 2.57 bits per heavy atom. The van der Waals surface area contributed by atoms with E-state index in [1.54, 1.807) is 19.2 Å². The number of amides is 1. The van der Waals surface area contributed by atoms with Crippen molar-refractivity contribution in [2.75, 3.05) is 41.3 Å². The first-order valence-electron chi connectivity index (χ1n) is 14.6. The van der Waals surface area contributed by atoms with Gasteiger partial charge < -0.3 is 29.7 Å². The van der Waals surface area contributed by atoms with Crippen molar-refractivity contribution in [3.8, 4) is 5.75 Å². The SMILES string of the molecule is C/C=C\N=C(/NC)c1cc2cc(C(=O)NCc3c(OC)cc(C)[nH]c3=O)c(C)c(C(C)N3CCC(N(C)C)CC3)n2c1. The molecule has 1 fully saturated rings. The van der Waals surface area contributed by atoms with Crippen LogP contribution in [0.15, 0.2) is 46.5 Å². The minimum absolute atomic E-state index is 0.0529. The van der Waals surface area contributed by atoms with Crippen molar-refractivity contribution in [3.63, 3.8) is 0 Å². The Morgan fingerprint density at radius 2 is 1.95 bits per heavy atom. The van der Waals surface area contributed by atoms with Gasteiger partial charge in [0.1, 0.15) is 11.6 Å². The molecule has 1 unspecified atom stereocenters. The summed E-state index contributed by atoms with van der Waals surface area (Å²) in [5.74, 6) is 0.961. The molecule has 0 aromatic carbocycles. The largest absolute Gasteiger partial charge is 0.496 e. The Kier molecular flexibility index (Phi) is 9.90. The lowest BCUT2D eigenvalue weighted by Gasteiger charge is -2.39. The van der Waals surface area contributed by atoms with Crippen LogP contribution in [0, 0.1) is 13.8 Å². The van der Waals surface area contributed by atoms with E-state index < -0.39 is 0 Å². The number of aromatic nitrogens is 2. The molecule has 0 aliphatic carbocycles. The van der Waals surface area contributed by atoms with Gasteiger partial charge in [0.25, 0.3) is 11.5 Å². The summed E-state index contributed by atoms with van der Waals surface area (Å²) in [4.78, 5) is 38.5. The van der Waals surface area contributed by atoms with E-state index in [2.05, 4.69) is 68.1 Å². The normalized spacial score (nSPS) is 16.0. The van der Waals surface area contributed by atoms with Crippen LogP contribution in [0.5, 0.6) is 5.75 Å². The van der Waals surface area contributed by atoms with Gasteiger partial charge in [0.05, 0.1) is 19.2 Å². The Labute approximate surface area is 248 Å². The minimum Gasteiger partial charge on any atom is -0.496 e. The number of methoxy groups -OCH3 is 1. The number of likely N-dealkylation sites (tertiary alicyclic amines) is 1. The van der Waals surface area contributed by atoms with E-state index in [4.69, 9.17) is 4.74 Å². The summed E-state index contributed by atoms with van der Waals surface area (Å²) in [6, 6.07) is 6.39. The predicted molar refractivity (Wildman–Crippen MR) is 169 cm³/mol. The van der Waals surface area contributed by atoms with Gasteiger partial charge in [-0.1, -0.05) is 6.08 Å². The summed E-state index contributed by atoms with van der Waals surface area (Å²) >= 11 is 0. The Hall–Kier alpha value is -3.89. The zero-order valence-corrected chi connectivity index (χ0v) is 26.2. The van der Waals surface area contributed by atoms with Gasteiger partial charge in [-0.15, -0.1) is 0 Å². The number of H-pyrrole nitrogens is 1. The van der Waals surface area contributed by atoms with Crippen molar-refractivity contribution < 1.29 is 9.53 Å². The van der Waals surface area contributed by atoms with Crippen LogP contribution in [0.2, 0.25) is 0 Å². The molecule has 4 heterocycles. The van der Waals surface area contributed by atoms with Crippen LogP contribution in [-0.2, 0) is 6.54 Å². The predicted octanol–water partition coefficient (Wildman–Crippen LogP) is 3.77. The molecule has 10 heteroatoms. The minimum atomic E-state index is -0.272. The van der Waals surface area contributed by atoms with Crippen molar-refractivity contribution in [2.45, 2.75) is 59.2 Å². The number of ether oxygens (including phenoxy) is 1. The second-order valence-electron chi connectivity index (χ2n) is 11.2. The van der Waals surface area contributed by atoms with Crippen LogP contribution in [0.1, 0.15) is 71.2 Å². The van der Waals surface area contributed by atoms with Gasteiger partial charge in [-0.25, -0.2) is 4.99 Å². The maximum Gasteiger partial charge on any atom is 0.256 e. The molecule has 0 spiro atoms. The summed E-state index contributed by atoms with van der Waals surface area (Å²) in [7, 11) is 7.68. The third-order valence-electron chi connectivity index (χ3n) is 8.35. The molecule has 1 atom stereocenters. The van der Waals surface area contributed by atoms with Crippen LogP contribution in [-0.4, -0.2) is 78.3 Å². The summed E-state index contributed by atoms with van der Waals surface area (Å²) in [6.45, 7) is 9.98. The van der Waals surface area contributed by atoms with Crippen molar-refractivity contribution in [2.24, 2.45) is 4.99 Å². The van der Waals surface area contributed by atoms with Crippen LogP contribution >= 0.6 is 0 Å². The molecule has 1 aliphatic rings. The fourth-order valence-electron chi connectivity index (χ4n) is 5.95. The quantitative estimate of drug-likeness (QED) is 0.265. The van der Waals surface area contributed by atoms with E-state index in [0.29, 0.717) is 28.6 Å². The molecule has 1 aliphatic heterocycles. The molecule has 3 aromatic heterocycles. The van der Waals surface area contributed by atoms with E-state index in [9.17, 15) is 9.59 Å². The lowest BCUT2D eigenvalue weighted by atomic mass is 9.97. The lowest BCUT2D eigenvalue weighted by Crippen LogP contribution is -2.43. The second kappa shape index (κ2) is 13.4. The number of allylic oxidation sites excluding steroid dienone is 1. The average Bonchev–Trinajstić information content (AvgIpc) is 3.39. The molecule has 226 valence electrons. The molecule has 4 rings (SSSR count). The second-order valence-corrected chi connectivity index (χ2v) is 11.2. The van der Waals surface area contributed by atoms with Crippen LogP contribution in [0.4, 0.5) is 0 Å². The number of rotatable bonds is 9. The number of carbonyl (C=O) groups is 1. The lowest BCUT2D eigenvalue weighted by molar-refractivity contribution is 0.0948. The number of hydrogen-bond donors (Lipinski definition) is 3. The van der Waals surface area contributed by atoms with Crippen LogP contribution in [0.3, 0.4) is 0 Å². The molecular formula is C32H45N7O3. The number of aromatic amines is 1. The first kappa shape index (κ1) is 31.1. The number of carbonyl (C=O) groups excluding carboxylic acids is 1. The van der Waals surface area contributed by atoms with Crippen molar-refractivity contribution in [1.29, 1.82) is 0 Å². The molecule has 0 radical (unpaired) electrons. The molecule has 0 saturated carbocycles. The maximum absolute atomic E-state index is 13.7. The summed E-state index contributed by atoms with van der Waals surface area (Å²) in [5, 5.41) is 6.17. The van der Waals surface area contributed by atoms with E-state index in [-0.39, 0.29) is 24.1 Å². The van der Waals surface area contributed by atoms with Crippen molar-refractivity contribution >= 4 is 17.3 Å². The molecule has 1 saturated heterocycles. The standard InChI is InChI=1S/C32H45N7O3/c1-9-12-34-30(33-5)23-16-25-17-26(31(40)35-18-27-28(42-8)15-20(2)36-32(27)41)21(3)29(39(25)19-23)22(4)38-13-10-24(11-14-38)37(6)7/h9,12,15-17,19,22,24H,10-11,13-14,18H2,1-8H3,(H,33,34)(H,35,40)(H,36,41)/b12-9-. The number of aryl methyl sites for hydroxylation is 1. The van der Waals surface area contributed by atoms with Gasteiger partial charge >= 0.3 is 0 Å². The number of fused-ring (bicyclic) bond motifs is 1. The van der Waals surface area contributed by atoms with Crippen molar-refractivity contribution in [3.05, 3.63) is 80.7 Å². The monoisotopic (exact) mass is 575 g/mol. The summed E-state index contributed by atoms with van der Waals surface area (Å²) in [6.07, 6.45) is 7.95. The zero-order valence-electron chi connectivity index (χ0n) is 26.2. The van der Waals surface area contributed by atoms with Gasteiger partial charge in [0.15, 0.2) is 0 Å². The highest BCUT2D eigenvalue weighted by atomic mass is 16.5. The number of pyridine rings is 2. The smallest absolute Gasteiger partial charge is 0.256 e. The first-order valence-corrected chi connectivity index (χ1v) is 14.6. The average molecular weight is 576 g/mol. The third-order valence-corrected chi connectivity index (χ3v) is 8.35. The van der Waals surface area contributed by atoms with Gasteiger partial charge in [-0.3, -0.25) is 14.5 Å². The maximum atomic E-state index is 13.7. The van der Waals surface area contributed by atoms with E-state index in [0.717, 1.165) is 54.1 Å². The Balaban J connectivity index is 1.75. The fraction of sp³-hybridized carbons (Fsp3) is 0.469. The van der Waals surface area contributed by atoms with E-state index in [1.165, 1.54) is 7.11 Å². The first-order chi connectivity index (χ1) is 20.1. The molecular weight excluding hydrogens is 530 g/mol. The van der Waals surface area contributed by atoms with Gasteiger partial charge in [-0.05, 0) is 78.4 Å². The molecule has 3 aromatic rings. The van der Waals surface area contributed by atoms with Gasteiger partial charge in [0, 0.05) is 72.6 Å². The third kappa shape index (κ3) is 6.44. The topological polar surface area (TPSA) is 106 Å². The zero-order chi connectivity index (χ0) is 30.6. The number of nitrogens with one attached hydrogen (secondary N) is 3. The molecule has 10 nitrogen and oxygen atoms in total. The number of nitrogens with zero attached hydrogens (tertiary/aromatic N) is 4. The van der Waals surface area contributed by atoms with Gasteiger partial charge in [0.2, 0.25) is 0 Å². The van der Waals surface area contributed by atoms with Crippen molar-refractivity contribution in [1.82, 2.24) is 29.8 Å². The number of aliphatic imine (C=N–C) groups is 1. The van der Waals surface area contributed by atoms with E-state index in [1.807, 2.05) is 33.0 Å². The number of amidine groups is 1. The summed E-state index contributed by atoms with van der Waals surface area (Å²) < 4.78 is 7.62. The molecule has 1 amide bonds. The Morgan fingerprint density at radius 1 is 1.24 bits per heavy atom. The fourth-order valence-corrected chi connectivity index (χ4v) is 5.95. The van der Waals surface area contributed by atoms with Gasteiger partial charge in [-0.2, -0.15) is 0 Å². The molecule has 42 heavy (non-hydrogen) atoms. The summed E-state index contributed by atoms with van der Waals surface area (Å²) in [5.41, 5.74) is 5.20. The highest BCUT2D eigenvalue weighted by Gasteiger charge is 2.28. The Bertz CT molecular complexity index is 1540. The molecule has 0 bridgehead atoms. The number of piperidine rings is 1. The molecule has 3 N–H and O–H groups in total. The number of hydrogen-bond acceptors (Lipinski definition) is 6. The highest BCUT2D eigenvalue weighted by molar-refractivity contribution is 6.01. The highest BCUT2D eigenvalue weighted by Crippen LogP contribution is 2.31.